The fourth-order valence-corrected chi connectivity index (χ4v) is 3.52. The van der Waals surface area contributed by atoms with Gasteiger partial charge in [-0.15, -0.1) is 0 Å². The Labute approximate surface area is 138 Å². The maximum Gasteiger partial charge on any atom is 0.339 e. The van der Waals surface area contributed by atoms with Gasteiger partial charge in [0.15, 0.2) is 0 Å². The van der Waals surface area contributed by atoms with Crippen LogP contribution in [-0.2, 0) is 14.3 Å². The number of carboxylic acid groups (broad SMARTS) is 1. The molecule has 3 rings (SSSR count). The minimum absolute atomic E-state index is 0.199. The standard InChI is InChI=1S/C17H17NO6/c1-23-16(21)10-6-7-11(17(22)24-2)13-12(10)8-4-3-5-9(8)14(18-13)15(19)20/h3-4,6-9,14,18H,5H2,1-2H3,(H,19,20). The van der Waals surface area contributed by atoms with E-state index in [4.69, 9.17) is 9.47 Å². The molecule has 0 saturated carbocycles. The van der Waals surface area contributed by atoms with Gasteiger partial charge in [-0.2, -0.15) is 0 Å². The van der Waals surface area contributed by atoms with E-state index in [1.54, 1.807) is 0 Å². The molecule has 0 aromatic heterocycles. The average Bonchev–Trinajstić information content (AvgIpc) is 3.08. The fourth-order valence-electron chi connectivity index (χ4n) is 3.52. The third-order valence-electron chi connectivity index (χ3n) is 4.60. The first-order chi connectivity index (χ1) is 11.5. The van der Waals surface area contributed by atoms with Gasteiger partial charge in [0.25, 0.3) is 0 Å². The quantitative estimate of drug-likeness (QED) is 0.643. The number of benzene rings is 1. The van der Waals surface area contributed by atoms with E-state index >= 15 is 0 Å². The number of aliphatic carboxylic acids is 1. The minimum Gasteiger partial charge on any atom is -0.480 e. The number of carbonyl (C=O) groups excluding carboxylic acids is 2. The molecule has 0 fully saturated rings. The Hall–Kier alpha value is -2.83. The molecule has 0 radical (unpaired) electrons. The van der Waals surface area contributed by atoms with Crippen molar-refractivity contribution in [1.29, 1.82) is 0 Å². The van der Waals surface area contributed by atoms with Crippen molar-refractivity contribution in [2.75, 3.05) is 19.5 Å². The molecule has 3 unspecified atom stereocenters. The van der Waals surface area contributed by atoms with E-state index in [0.717, 1.165) is 0 Å². The van der Waals surface area contributed by atoms with Crippen LogP contribution in [0.2, 0.25) is 0 Å². The number of nitrogens with one attached hydrogen (secondary N) is 1. The lowest BCUT2D eigenvalue weighted by Gasteiger charge is -2.36. The SMILES string of the molecule is COC(=O)c1ccc(C(=O)OC)c2c1NC(C(=O)O)C1CC=CC21. The highest BCUT2D eigenvalue weighted by Gasteiger charge is 2.44. The Bertz CT molecular complexity index is 754. The highest BCUT2D eigenvalue weighted by Crippen LogP contribution is 2.47. The number of allylic oxidation sites excluding steroid dienone is 2. The number of ether oxygens (including phenoxy) is 2. The molecule has 7 heteroatoms. The van der Waals surface area contributed by atoms with Crippen molar-refractivity contribution in [1.82, 2.24) is 0 Å². The molecule has 0 spiro atoms. The van der Waals surface area contributed by atoms with Gasteiger partial charge in [0.1, 0.15) is 6.04 Å². The van der Waals surface area contributed by atoms with E-state index in [-0.39, 0.29) is 17.4 Å². The highest BCUT2D eigenvalue weighted by molar-refractivity contribution is 6.02. The smallest absolute Gasteiger partial charge is 0.339 e. The first kappa shape index (κ1) is 16.0. The van der Waals surface area contributed by atoms with Gasteiger partial charge >= 0.3 is 17.9 Å². The summed E-state index contributed by atoms with van der Waals surface area (Å²) in [4.78, 5) is 35.8. The van der Waals surface area contributed by atoms with Crippen LogP contribution < -0.4 is 5.32 Å². The summed E-state index contributed by atoms with van der Waals surface area (Å²) in [5, 5.41) is 12.4. The van der Waals surface area contributed by atoms with Crippen LogP contribution in [0.15, 0.2) is 24.3 Å². The molecule has 0 amide bonds. The van der Waals surface area contributed by atoms with Crippen LogP contribution in [0, 0.1) is 5.92 Å². The third kappa shape index (κ3) is 2.33. The Morgan fingerprint density at radius 3 is 2.38 bits per heavy atom. The number of rotatable bonds is 3. The number of methoxy groups -OCH3 is 2. The van der Waals surface area contributed by atoms with Crippen LogP contribution in [-0.4, -0.2) is 43.3 Å². The lowest BCUT2D eigenvalue weighted by atomic mass is 9.76. The molecule has 1 heterocycles. The van der Waals surface area contributed by atoms with Crippen molar-refractivity contribution in [2.45, 2.75) is 18.4 Å². The van der Waals surface area contributed by atoms with E-state index in [1.165, 1.54) is 26.4 Å². The zero-order valence-corrected chi connectivity index (χ0v) is 13.2. The van der Waals surface area contributed by atoms with Gasteiger partial charge in [-0.25, -0.2) is 14.4 Å². The molecule has 0 saturated heterocycles. The molecule has 7 nitrogen and oxygen atoms in total. The fraction of sp³-hybridized carbons (Fsp3) is 0.353. The third-order valence-corrected chi connectivity index (χ3v) is 4.60. The number of fused-ring (bicyclic) bond motifs is 3. The summed E-state index contributed by atoms with van der Waals surface area (Å²) >= 11 is 0. The second kappa shape index (κ2) is 5.99. The molecule has 2 N–H and O–H groups in total. The molecular weight excluding hydrogens is 314 g/mol. The van der Waals surface area contributed by atoms with Crippen molar-refractivity contribution >= 4 is 23.6 Å². The van der Waals surface area contributed by atoms with Crippen molar-refractivity contribution < 1.29 is 29.0 Å². The van der Waals surface area contributed by atoms with Crippen molar-refractivity contribution in [3.63, 3.8) is 0 Å². The van der Waals surface area contributed by atoms with Crippen molar-refractivity contribution in [2.24, 2.45) is 5.92 Å². The second-order valence-electron chi connectivity index (χ2n) is 5.75. The summed E-state index contributed by atoms with van der Waals surface area (Å²) in [6, 6.07) is 2.11. The van der Waals surface area contributed by atoms with Gasteiger partial charge in [0.05, 0.1) is 31.0 Å². The number of carbonyl (C=O) groups is 3. The zero-order valence-electron chi connectivity index (χ0n) is 13.2. The molecule has 1 aromatic rings. The van der Waals surface area contributed by atoms with Crippen LogP contribution in [0.4, 0.5) is 5.69 Å². The van der Waals surface area contributed by atoms with Gasteiger partial charge in [-0.1, -0.05) is 12.2 Å². The monoisotopic (exact) mass is 331 g/mol. The summed E-state index contributed by atoms with van der Waals surface area (Å²) in [6.45, 7) is 0. The van der Waals surface area contributed by atoms with E-state index in [0.29, 0.717) is 23.2 Å². The lowest BCUT2D eigenvalue weighted by molar-refractivity contribution is -0.139. The predicted octanol–water partition coefficient (Wildman–Crippen LogP) is 1.80. The molecular formula is C17H17NO6. The van der Waals surface area contributed by atoms with Gasteiger partial charge < -0.3 is 19.9 Å². The van der Waals surface area contributed by atoms with E-state index in [1.807, 2.05) is 12.2 Å². The number of anilines is 1. The number of carboxylic acids is 1. The molecule has 2 aliphatic rings. The van der Waals surface area contributed by atoms with Crippen LogP contribution >= 0.6 is 0 Å². The van der Waals surface area contributed by atoms with Crippen LogP contribution in [0.25, 0.3) is 0 Å². The normalized spacial score (nSPS) is 23.7. The number of hydrogen-bond acceptors (Lipinski definition) is 6. The predicted molar refractivity (Wildman–Crippen MR) is 84.2 cm³/mol. The maximum atomic E-state index is 12.1. The number of esters is 2. The largest absolute Gasteiger partial charge is 0.480 e. The Morgan fingerprint density at radius 1 is 1.12 bits per heavy atom. The van der Waals surface area contributed by atoms with Crippen LogP contribution in [0.5, 0.6) is 0 Å². The average molecular weight is 331 g/mol. The summed E-state index contributed by atoms with van der Waals surface area (Å²) < 4.78 is 9.60. The molecule has 1 aliphatic heterocycles. The zero-order chi connectivity index (χ0) is 17.4. The lowest BCUT2D eigenvalue weighted by Crippen LogP contribution is -2.43. The molecule has 3 atom stereocenters. The summed E-state index contributed by atoms with van der Waals surface area (Å²) in [7, 11) is 2.53. The number of hydrogen-bond donors (Lipinski definition) is 2. The molecule has 24 heavy (non-hydrogen) atoms. The first-order valence-electron chi connectivity index (χ1n) is 7.49. The molecule has 126 valence electrons. The summed E-state index contributed by atoms with van der Waals surface area (Å²) in [5.41, 5.74) is 1.43. The van der Waals surface area contributed by atoms with E-state index < -0.39 is 23.9 Å². The van der Waals surface area contributed by atoms with Gasteiger partial charge in [0.2, 0.25) is 0 Å². The summed E-state index contributed by atoms with van der Waals surface area (Å²) in [6.07, 6.45) is 4.36. The maximum absolute atomic E-state index is 12.1. The Balaban J connectivity index is 2.24. The van der Waals surface area contributed by atoms with Gasteiger partial charge in [0, 0.05) is 11.8 Å². The summed E-state index contributed by atoms with van der Waals surface area (Å²) in [5.74, 6) is -2.64. The van der Waals surface area contributed by atoms with E-state index in [2.05, 4.69) is 5.32 Å². The molecule has 1 aromatic carbocycles. The van der Waals surface area contributed by atoms with Gasteiger partial charge in [-0.05, 0) is 24.1 Å². The van der Waals surface area contributed by atoms with Crippen LogP contribution in [0.3, 0.4) is 0 Å². The first-order valence-corrected chi connectivity index (χ1v) is 7.49. The molecule has 1 aliphatic carbocycles. The van der Waals surface area contributed by atoms with Gasteiger partial charge in [-0.3, -0.25) is 0 Å². The minimum atomic E-state index is -1.00. The highest BCUT2D eigenvalue weighted by atomic mass is 16.5. The Morgan fingerprint density at radius 2 is 1.75 bits per heavy atom. The van der Waals surface area contributed by atoms with Crippen LogP contribution in [0.1, 0.15) is 38.6 Å². The van der Waals surface area contributed by atoms with Crippen molar-refractivity contribution in [3.05, 3.63) is 41.0 Å². The molecule has 0 bridgehead atoms. The Kier molecular flexibility index (Phi) is 4.01. The van der Waals surface area contributed by atoms with E-state index in [9.17, 15) is 19.5 Å². The second-order valence-corrected chi connectivity index (χ2v) is 5.75. The van der Waals surface area contributed by atoms with Crippen molar-refractivity contribution in [3.8, 4) is 0 Å². The topological polar surface area (TPSA) is 102 Å².